The van der Waals surface area contributed by atoms with Crippen molar-refractivity contribution in [3.05, 3.63) is 11.6 Å². The monoisotopic (exact) mass is 470 g/mol. The summed E-state index contributed by atoms with van der Waals surface area (Å²) in [5.41, 5.74) is 0.512. The lowest BCUT2D eigenvalue weighted by atomic mass is 9.33. The van der Waals surface area contributed by atoms with Gasteiger partial charge in [0.15, 0.2) is 0 Å². The highest BCUT2D eigenvalue weighted by molar-refractivity contribution is 5.86. The number of Topliss-reactive ketones (excluding diaryl/α,β-unsaturated/α-hetero) is 1. The molecule has 4 saturated carbocycles. The molecule has 0 aromatic carbocycles. The van der Waals surface area contributed by atoms with Gasteiger partial charge in [-0.15, -0.1) is 0 Å². The van der Waals surface area contributed by atoms with Gasteiger partial charge in [-0.1, -0.05) is 53.2 Å². The third kappa shape index (κ3) is 2.81. The van der Waals surface area contributed by atoms with E-state index in [1.54, 1.807) is 0 Å². The molecule has 0 unspecified atom stereocenters. The third-order valence-corrected chi connectivity index (χ3v) is 13.0. The Morgan fingerprint density at radius 2 is 1.65 bits per heavy atom. The van der Waals surface area contributed by atoms with Crippen molar-refractivity contribution in [3.8, 4) is 0 Å². The maximum absolute atomic E-state index is 13.0. The van der Waals surface area contributed by atoms with Crippen molar-refractivity contribution in [2.45, 2.75) is 106 Å². The van der Waals surface area contributed by atoms with Crippen LogP contribution in [0.15, 0.2) is 11.6 Å². The van der Waals surface area contributed by atoms with E-state index in [1.165, 1.54) is 5.57 Å². The summed E-state index contributed by atoms with van der Waals surface area (Å²) in [6.45, 7) is 14.0. The molecule has 5 aliphatic rings. The predicted octanol–water partition coefficient (Wildman–Crippen LogP) is 6.41. The summed E-state index contributed by atoms with van der Waals surface area (Å²) in [6, 6.07) is 0. The molecule has 4 fully saturated rings. The van der Waals surface area contributed by atoms with Crippen LogP contribution in [0.25, 0.3) is 0 Å². The zero-order chi connectivity index (χ0) is 24.9. The average Bonchev–Trinajstić information content (AvgIpc) is 2.76. The lowest BCUT2D eigenvalue weighted by Gasteiger charge is -2.70. The molecule has 0 spiro atoms. The van der Waals surface area contributed by atoms with Crippen LogP contribution in [0.4, 0.5) is 0 Å². The quantitative estimate of drug-likeness (QED) is 0.457. The number of ketones is 1. The second-order valence-electron chi connectivity index (χ2n) is 14.7. The topological polar surface area (TPSA) is 74.6 Å². The number of hydrogen-bond donors (Lipinski definition) is 2. The minimum Gasteiger partial charge on any atom is -0.481 e. The molecule has 0 amide bonds. The van der Waals surface area contributed by atoms with Gasteiger partial charge in [-0.05, 0) is 97.2 Å². The first-order valence-corrected chi connectivity index (χ1v) is 13.8. The standard InChI is InChI=1S/C30H46O4/c1-25(2)13-15-30(24(33)34)16-14-28(5)19(20(30)17-25)7-8-22-26(3)11-10-23(32)27(4,18-31)21(26)9-12-29(22,28)6/h7,20-22,31H,8-18H2,1-6H3,(H,33,34)/t20-,21+,22+,26-,27+,28+,29+,30-/m0/s1. The van der Waals surface area contributed by atoms with E-state index >= 15 is 0 Å². The van der Waals surface area contributed by atoms with Crippen LogP contribution in [0.3, 0.4) is 0 Å². The van der Waals surface area contributed by atoms with Gasteiger partial charge in [0.05, 0.1) is 17.4 Å². The Kier molecular flexibility index (Phi) is 5.20. The van der Waals surface area contributed by atoms with Crippen LogP contribution in [0.1, 0.15) is 106 Å². The van der Waals surface area contributed by atoms with Gasteiger partial charge in [0.2, 0.25) is 0 Å². The number of fused-ring (bicyclic) bond motifs is 7. The van der Waals surface area contributed by atoms with E-state index in [9.17, 15) is 19.8 Å². The number of rotatable bonds is 2. The Morgan fingerprint density at radius 1 is 0.971 bits per heavy atom. The van der Waals surface area contributed by atoms with Crippen LogP contribution in [0.5, 0.6) is 0 Å². The first-order valence-electron chi connectivity index (χ1n) is 13.8. The first kappa shape index (κ1) is 24.5. The van der Waals surface area contributed by atoms with Crippen molar-refractivity contribution < 1.29 is 19.8 Å². The maximum Gasteiger partial charge on any atom is 0.310 e. The second kappa shape index (κ2) is 7.20. The minimum atomic E-state index is -0.627. The second-order valence-corrected chi connectivity index (χ2v) is 14.7. The molecule has 0 bridgehead atoms. The van der Waals surface area contributed by atoms with Crippen LogP contribution < -0.4 is 0 Å². The lowest BCUT2D eigenvalue weighted by molar-refractivity contribution is -0.194. The molecule has 4 nitrogen and oxygen atoms in total. The molecule has 0 aliphatic heterocycles. The highest BCUT2D eigenvalue weighted by Gasteiger charge is 2.69. The van der Waals surface area contributed by atoms with Gasteiger partial charge in [0, 0.05) is 6.42 Å². The Hall–Kier alpha value is -1.16. The number of aliphatic hydroxyl groups is 1. The highest BCUT2D eigenvalue weighted by Crippen LogP contribution is 2.75. The van der Waals surface area contributed by atoms with E-state index in [-0.39, 0.29) is 45.9 Å². The Bertz CT molecular complexity index is 949. The lowest BCUT2D eigenvalue weighted by Crippen LogP contribution is -2.65. The summed E-state index contributed by atoms with van der Waals surface area (Å²) in [4.78, 5) is 25.7. The van der Waals surface area contributed by atoms with Crippen molar-refractivity contribution in [2.24, 2.45) is 50.2 Å². The summed E-state index contributed by atoms with van der Waals surface area (Å²) in [5, 5.41) is 20.8. The molecule has 34 heavy (non-hydrogen) atoms. The number of allylic oxidation sites excluding steroid dienone is 2. The summed E-state index contributed by atoms with van der Waals surface area (Å²) in [7, 11) is 0. The fraction of sp³-hybridized carbons (Fsp3) is 0.867. The predicted molar refractivity (Wildman–Crippen MR) is 133 cm³/mol. The van der Waals surface area contributed by atoms with E-state index in [2.05, 4.69) is 40.7 Å². The number of carbonyl (C=O) groups excluding carboxylic acids is 1. The SMILES string of the molecule is CC1(C)CC[C@]2(C(=O)O)CC[C@]3(C)C(=CC[C@@H]4[C@@]5(C)CCC(=O)[C@](C)(CO)[C@@H]5CC[C@]43C)[C@@H]2C1. The molecular formula is C30H46O4. The summed E-state index contributed by atoms with van der Waals surface area (Å²) >= 11 is 0. The van der Waals surface area contributed by atoms with Crippen LogP contribution in [-0.4, -0.2) is 28.6 Å². The zero-order valence-electron chi connectivity index (χ0n) is 22.3. The van der Waals surface area contributed by atoms with Gasteiger partial charge >= 0.3 is 5.97 Å². The number of carboxylic acid groups (broad SMARTS) is 1. The summed E-state index contributed by atoms with van der Waals surface area (Å²) < 4.78 is 0. The Balaban J connectivity index is 1.60. The zero-order valence-corrected chi connectivity index (χ0v) is 22.3. The molecule has 8 atom stereocenters. The number of hydrogen-bond acceptors (Lipinski definition) is 3. The molecule has 0 aromatic rings. The minimum absolute atomic E-state index is 0.00198. The number of aliphatic carboxylic acids is 1. The molecule has 5 aliphatic carbocycles. The fourth-order valence-electron chi connectivity index (χ4n) is 10.4. The van der Waals surface area contributed by atoms with Gasteiger partial charge in [-0.3, -0.25) is 9.59 Å². The van der Waals surface area contributed by atoms with Crippen molar-refractivity contribution in [1.29, 1.82) is 0 Å². The van der Waals surface area contributed by atoms with Gasteiger partial charge in [-0.2, -0.15) is 0 Å². The molecule has 0 heterocycles. The summed E-state index contributed by atoms with van der Waals surface area (Å²) in [5.74, 6) is 0.473. The van der Waals surface area contributed by atoms with Crippen LogP contribution in [0.2, 0.25) is 0 Å². The normalized spacial score (nSPS) is 51.9. The van der Waals surface area contributed by atoms with E-state index in [0.717, 1.165) is 57.8 Å². The van der Waals surface area contributed by atoms with Gasteiger partial charge < -0.3 is 10.2 Å². The summed E-state index contributed by atoms with van der Waals surface area (Å²) in [6.07, 6.45) is 11.5. The van der Waals surface area contributed by atoms with Crippen LogP contribution >= 0.6 is 0 Å². The molecule has 190 valence electrons. The molecule has 4 heteroatoms. The maximum atomic E-state index is 13.0. The highest BCUT2D eigenvalue weighted by atomic mass is 16.4. The van der Waals surface area contributed by atoms with Gasteiger partial charge in [-0.25, -0.2) is 0 Å². The smallest absolute Gasteiger partial charge is 0.310 e. The first-order chi connectivity index (χ1) is 15.7. The van der Waals surface area contributed by atoms with E-state index < -0.39 is 16.8 Å². The van der Waals surface area contributed by atoms with Crippen molar-refractivity contribution in [3.63, 3.8) is 0 Å². The molecular weight excluding hydrogens is 424 g/mol. The Morgan fingerprint density at radius 3 is 2.29 bits per heavy atom. The van der Waals surface area contributed by atoms with Crippen LogP contribution in [0, 0.1) is 50.2 Å². The fourth-order valence-corrected chi connectivity index (χ4v) is 10.4. The number of aliphatic hydroxyl groups excluding tert-OH is 1. The van der Waals surface area contributed by atoms with Crippen LogP contribution in [-0.2, 0) is 9.59 Å². The van der Waals surface area contributed by atoms with E-state index in [4.69, 9.17) is 0 Å². The van der Waals surface area contributed by atoms with Gasteiger partial charge in [0.25, 0.3) is 0 Å². The van der Waals surface area contributed by atoms with Crippen molar-refractivity contribution in [2.75, 3.05) is 6.61 Å². The molecule has 2 N–H and O–H groups in total. The molecule has 5 rings (SSSR count). The average molecular weight is 471 g/mol. The molecule has 0 saturated heterocycles. The number of carbonyl (C=O) groups is 2. The Labute approximate surface area is 206 Å². The van der Waals surface area contributed by atoms with Crippen molar-refractivity contribution in [1.82, 2.24) is 0 Å². The van der Waals surface area contributed by atoms with E-state index in [0.29, 0.717) is 12.3 Å². The van der Waals surface area contributed by atoms with Gasteiger partial charge in [0.1, 0.15) is 5.78 Å². The van der Waals surface area contributed by atoms with E-state index in [1.807, 2.05) is 6.92 Å². The van der Waals surface area contributed by atoms with Crippen molar-refractivity contribution >= 4 is 11.8 Å². The largest absolute Gasteiger partial charge is 0.481 e. The third-order valence-electron chi connectivity index (χ3n) is 13.0. The molecule has 0 radical (unpaired) electrons. The molecule has 0 aromatic heterocycles. The number of carboxylic acids is 1.